The fourth-order valence-corrected chi connectivity index (χ4v) is 3.32. The quantitative estimate of drug-likeness (QED) is 0.547. The van der Waals surface area contributed by atoms with Gasteiger partial charge in [-0.3, -0.25) is 4.79 Å². The van der Waals surface area contributed by atoms with E-state index in [0.717, 1.165) is 34.6 Å². The molecule has 3 rings (SSSR count). The summed E-state index contributed by atoms with van der Waals surface area (Å²) in [6, 6.07) is 23.3. The maximum atomic E-state index is 11.6. The Morgan fingerprint density at radius 2 is 1.60 bits per heavy atom. The zero-order chi connectivity index (χ0) is 21.3. The van der Waals surface area contributed by atoms with Gasteiger partial charge in [-0.05, 0) is 41.3 Å². The van der Waals surface area contributed by atoms with E-state index in [0.29, 0.717) is 13.0 Å². The van der Waals surface area contributed by atoms with Crippen molar-refractivity contribution in [3.63, 3.8) is 0 Å². The number of rotatable bonds is 9. The molecule has 5 nitrogen and oxygen atoms in total. The monoisotopic (exact) mass is 405 g/mol. The van der Waals surface area contributed by atoms with Gasteiger partial charge < -0.3 is 19.9 Å². The number of carbonyl (C=O) groups is 1. The number of hydrogen-bond donors (Lipinski definition) is 1. The van der Waals surface area contributed by atoms with Crippen molar-refractivity contribution in [2.45, 2.75) is 25.5 Å². The first-order chi connectivity index (χ1) is 14.6. The number of hydrogen-bond acceptors (Lipinski definition) is 5. The first-order valence-electron chi connectivity index (χ1n) is 9.84. The van der Waals surface area contributed by atoms with Crippen LogP contribution in [-0.4, -0.2) is 26.2 Å². The second-order valence-corrected chi connectivity index (χ2v) is 7.04. The highest BCUT2D eigenvalue weighted by atomic mass is 16.5. The zero-order valence-electron chi connectivity index (χ0n) is 17.3. The van der Waals surface area contributed by atoms with Crippen molar-refractivity contribution in [1.82, 2.24) is 0 Å². The molecule has 0 aliphatic carbocycles. The van der Waals surface area contributed by atoms with Gasteiger partial charge in [0.2, 0.25) is 0 Å². The average Bonchev–Trinajstić information content (AvgIpc) is 2.78. The predicted molar refractivity (Wildman–Crippen MR) is 117 cm³/mol. The Bertz CT molecular complexity index is 972. The number of nitrogens with two attached hydrogens (primary N) is 1. The van der Waals surface area contributed by atoms with E-state index in [9.17, 15) is 4.79 Å². The van der Waals surface area contributed by atoms with Crippen LogP contribution in [0.4, 0.5) is 0 Å². The largest absolute Gasteiger partial charge is 0.496 e. The standard InChI is InChI=1S/C25H27NO4/c1-28-23-13-12-19(16-22(26)25(27)29-2)15-21(23)17-30-24-11-7-6-10-20(24)14-18-8-4-3-5-9-18/h3-13,15,22H,14,16-17,26H2,1-2H3. The molecule has 156 valence electrons. The summed E-state index contributed by atoms with van der Waals surface area (Å²) in [7, 11) is 2.96. The number of ether oxygens (including phenoxy) is 3. The molecule has 0 aromatic heterocycles. The number of carbonyl (C=O) groups excluding carboxylic acids is 1. The van der Waals surface area contributed by atoms with Gasteiger partial charge in [-0.15, -0.1) is 0 Å². The van der Waals surface area contributed by atoms with Crippen LogP contribution in [0.25, 0.3) is 0 Å². The molecule has 0 bridgehead atoms. The van der Waals surface area contributed by atoms with Crippen molar-refractivity contribution >= 4 is 5.97 Å². The maximum Gasteiger partial charge on any atom is 0.322 e. The van der Waals surface area contributed by atoms with Crippen LogP contribution in [0.2, 0.25) is 0 Å². The molecule has 0 amide bonds. The summed E-state index contributed by atoms with van der Waals surface area (Å²) in [5, 5.41) is 0. The first-order valence-corrected chi connectivity index (χ1v) is 9.84. The highest BCUT2D eigenvalue weighted by Gasteiger charge is 2.16. The van der Waals surface area contributed by atoms with Crippen LogP contribution in [0.15, 0.2) is 72.8 Å². The minimum Gasteiger partial charge on any atom is -0.496 e. The third-order valence-electron chi connectivity index (χ3n) is 4.90. The van der Waals surface area contributed by atoms with Gasteiger partial charge in [0, 0.05) is 12.0 Å². The SMILES string of the molecule is COC(=O)C(N)Cc1ccc(OC)c(COc2ccccc2Cc2ccccc2)c1. The Labute approximate surface area is 177 Å². The molecule has 3 aromatic rings. The second-order valence-electron chi connectivity index (χ2n) is 7.04. The van der Waals surface area contributed by atoms with E-state index in [-0.39, 0.29) is 0 Å². The van der Waals surface area contributed by atoms with Gasteiger partial charge in [0.25, 0.3) is 0 Å². The number of benzene rings is 3. The van der Waals surface area contributed by atoms with Gasteiger partial charge in [0.15, 0.2) is 0 Å². The van der Waals surface area contributed by atoms with Crippen LogP contribution in [0.3, 0.4) is 0 Å². The molecule has 0 fully saturated rings. The summed E-state index contributed by atoms with van der Waals surface area (Å²) in [6.07, 6.45) is 1.18. The van der Waals surface area contributed by atoms with E-state index in [1.807, 2.05) is 54.6 Å². The molecule has 5 heteroatoms. The van der Waals surface area contributed by atoms with Crippen LogP contribution in [-0.2, 0) is 29.0 Å². The van der Waals surface area contributed by atoms with Crippen molar-refractivity contribution < 1.29 is 19.0 Å². The van der Waals surface area contributed by atoms with Crippen molar-refractivity contribution in [3.05, 3.63) is 95.1 Å². The molecular weight excluding hydrogens is 378 g/mol. The fourth-order valence-electron chi connectivity index (χ4n) is 3.32. The highest BCUT2D eigenvalue weighted by Crippen LogP contribution is 2.26. The Kier molecular flexibility index (Phi) is 7.46. The van der Waals surface area contributed by atoms with Gasteiger partial charge in [-0.2, -0.15) is 0 Å². The van der Waals surface area contributed by atoms with Gasteiger partial charge >= 0.3 is 5.97 Å². The van der Waals surface area contributed by atoms with E-state index in [1.54, 1.807) is 7.11 Å². The zero-order valence-corrected chi connectivity index (χ0v) is 17.3. The summed E-state index contributed by atoms with van der Waals surface area (Å²) in [6.45, 7) is 0.344. The van der Waals surface area contributed by atoms with Crippen molar-refractivity contribution in [2.24, 2.45) is 5.73 Å². The van der Waals surface area contributed by atoms with E-state index < -0.39 is 12.0 Å². The highest BCUT2D eigenvalue weighted by molar-refractivity contribution is 5.75. The molecule has 0 saturated carbocycles. The van der Waals surface area contributed by atoms with Gasteiger partial charge in [0.1, 0.15) is 24.1 Å². The predicted octanol–water partition coefficient (Wildman–Crippen LogP) is 3.91. The van der Waals surface area contributed by atoms with Crippen molar-refractivity contribution in [2.75, 3.05) is 14.2 Å². The first kappa shape index (κ1) is 21.4. The van der Waals surface area contributed by atoms with E-state index in [1.165, 1.54) is 12.7 Å². The summed E-state index contributed by atoms with van der Waals surface area (Å²) in [4.78, 5) is 11.6. The molecule has 0 aliphatic rings. The minimum absolute atomic E-state index is 0.344. The topological polar surface area (TPSA) is 70.8 Å². The number of para-hydroxylation sites is 1. The lowest BCUT2D eigenvalue weighted by Crippen LogP contribution is -2.33. The molecule has 0 radical (unpaired) electrons. The molecule has 0 saturated heterocycles. The molecule has 3 aromatic carbocycles. The lowest BCUT2D eigenvalue weighted by molar-refractivity contribution is -0.142. The number of esters is 1. The minimum atomic E-state index is -0.705. The van der Waals surface area contributed by atoms with E-state index in [2.05, 4.69) is 18.2 Å². The Morgan fingerprint density at radius 3 is 2.33 bits per heavy atom. The van der Waals surface area contributed by atoms with Crippen LogP contribution in [0, 0.1) is 0 Å². The van der Waals surface area contributed by atoms with Crippen LogP contribution >= 0.6 is 0 Å². The number of methoxy groups -OCH3 is 2. The molecule has 2 N–H and O–H groups in total. The molecule has 30 heavy (non-hydrogen) atoms. The summed E-state index contributed by atoms with van der Waals surface area (Å²) >= 11 is 0. The van der Waals surface area contributed by atoms with E-state index >= 15 is 0 Å². The maximum absolute atomic E-state index is 11.6. The third kappa shape index (κ3) is 5.61. The second kappa shape index (κ2) is 10.5. The van der Waals surface area contributed by atoms with Gasteiger partial charge in [-0.1, -0.05) is 54.6 Å². The Balaban J connectivity index is 1.75. The average molecular weight is 405 g/mol. The summed E-state index contributed by atoms with van der Waals surface area (Å²) < 4.78 is 16.4. The molecule has 0 aliphatic heterocycles. The van der Waals surface area contributed by atoms with Crippen LogP contribution < -0.4 is 15.2 Å². The fraction of sp³-hybridized carbons (Fsp3) is 0.240. The lowest BCUT2D eigenvalue weighted by atomic mass is 10.0. The molecule has 0 spiro atoms. The normalized spacial score (nSPS) is 11.6. The van der Waals surface area contributed by atoms with Crippen molar-refractivity contribution in [3.8, 4) is 11.5 Å². The van der Waals surface area contributed by atoms with Gasteiger partial charge in [0.05, 0.1) is 14.2 Å². The molecule has 1 unspecified atom stereocenters. The van der Waals surface area contributed by atoms with Gasteiger partial charge in [-0.25, -0.2) is 0 Å². The Hall–Kier alpha value is -3.31. The molecule has 0 heterocycles. The van der Waals surface area contributed by atoms with E-state index in [4.69, 9.17) is 19.9 Å². The van der Waals surface area contributed by atoms with Crippen LogP contribution in [0.5, 0.6) is 11.5 Å². The van der Waals surface area contributed by atoms with Crippen LogP contribution in [0.1, 0.15) is 22.3 Å². The lowest BCUT2D eigenvalue weighted by Gasteiger charge is -2.15. The molecular formula is C25H27NO4. The van der Waals surface area contributed by atoms with Crippen molar-refractivity contribution in [1.29, 1.82) is 0 Å². The third-order valence-corrected chi connectivity index (χ3v) is 4.90. The Morgan fingerprint density at radius 1 is 0.867 bits per heavy atom. The summed E-state index contributed by atoms with van der Waals surface area (Å²) in [5.74, 6) is 1.13. The smallest absolute Gasteiger partial charge is 0.322 e. The summed E-state index contributed by atoms with van der Waals surface area (Å²) in [5.41, 5.74) is 10.1. The molecule has 1 atom stereocenters.